The smallest absolute Gasteiger partial charge is 0.265 e. The van der Waals surface area contributed by atoms with E-state index in [4.69, 9.17) is 5.11 Å². The average Bonchev–Trinajstić information content (AvgIpc) is 3.04. The van der Waals surface area contributed by atoms with E-state index in [9.17, 15) is 9.90 Å². The van der Waals surface area contributed by atoms with Crippen LogP contribution in [0.4, 0.5) is 0 Å². The fourth-order valence-corrected chi connectivity index (χ4v) is 3.03. The SMILES string of the molecule is CC(O)C1CCN(C(=O)c2sccc2C#CCO)C1. The topological polar surface area (TPSA) is 60.8 Å². The van der Waals surface area contributed by atoms with Crippen molar-refractivity contribution in [1.29, 1.82) is 0 Å². The zero-order chi connectivity index (χ0) is 13.8. The molecule has 2 unspecified atom stereocenters. The zero-order valence-corrected chi connectivity index (χ0v) is 11.6. The Morgan fingerprint density at radius 1 is 1.68 bits per heavy atom. The van der Waals surface area contributed by atoms with Gasteiger partial charge in [0.1, 0.15) is 11.5 Å². The van der Waals surface area contributed by atoms with Crippen LogP contribution in [-0.2, 0) is 0 Å². The fourth-order valence-electron chi connectivity index (χ4n) is 2.22. The van der Waals surface area contributed by atoms with Crippen LogP contribution in [-0.4, -0.2) is 46.8 Å². The molecule has 0 aromatic carbocycles. The molecule has 0 bridgehead atoms. The van der Waals surface area contributed by atoms with Crippen LogP contribution in [0.3, 0.4) is 0 Å². The molecule has 2 atom stereocenters. The molecular formula is C14H17NO3S. The number of hydrogen-bond donors (Lipinski definition) is 2. The lowest BCUT2D eigenvalue weighted by molar-refractivity contribution is 0.0767. The van der Waals surface area contributed by atoms with Crippen molar-refractivity contribution < 1.29 is 15.0 Å². The predicted molar refractivity (Wildman–Crippen MR) is 74.0 cm³/mol. The third-order valence-electron chi connectivity index (χ3n) is 3.36. The Balaban J connectivity index is 2.11. The molecule has 1 aliphatic heterocycles. The highest BCUT2D eigenvalue weighted by Gasteiger charge is 2.30. The van der Waals surface area contributed by atoms with Crippen molar-refractivity contribution in [2.24, 2.45) is 5.92 Å². The summed E-state index contributed by atoms with van der Waals surface area (Å²) in [6.45, 7) is 2.83. The van der Waals surface area contributed by atoms with Crippen molar-refractivity contribution >= 4 is 17.2 Å². The predicted octanol–water partition coefficient (Wildman–Crippen LogP) is 0.935. The summed E-state index contributed by atoms with van der Waals surface area (Å²) in [4.78, 5) is 14.8. The van der Waals surface area contributed by atoms with Crippen molar-refractivity contribution in [2.75, 3.05) is 19.7 Å². The highest BCUT2D eigenvalue weighted by atomic mass is 32.1. The van der Waals surface area contributed by atoms with Crippen LogP contribution in [0.5, 0.6) is 0 Å². The Bertz CT molecular complexity index is 512. The quantitative estimate of drug-likeness (QED) is 0.792. The Labute approximate surface area is 116 Å². The minimum absolute atomic E-state index is 0.0274. The molecule has 102 valence electrons. The van der Waals surface area contributed by atoms with Crippen LogP contribution in [0.15, 0.2) is 11.4 Å². The second kappa shape index (κ2) is 6.20. The van der Waals surface area contributed by atoms with E-state index in [-0.39, 0.29) is 24.5 Å². The van der Waals surface area contributed by atoms with Gasteiger partial charge in [0.05, 0.1) is 6.10 Å². The van der Waals surface area contributed by atoms with Gasteiger partial charge >= 0.3 is 0 Å². The van der Waals surface area contributed by atoms with E-state index >= 15 is 0 Å². The minimum atomic E-state index is -0.380. The van der Waals surface area contributed by atoms with E-state index in [1.807, 2.05) is 5.38 Å². The third kappa shape index (κ3) is 3.16. The van der Waals surface area contributed by atoms with Gasteiger partial charge in [-0.05, 0) is 24.8 Å². The lowest BCUT2D eigenvalue weighted by atomic mass is 10.0. The van der Waals surface area contributed by atoms with E-state index in [0.29, 0.717) is 23.5 Å². The van der Waals surface area contributed by atoms with Crippen molar-refractivity contribution in [1.82, 2.24) is 4.90 Å². The molecule has 1 aromatic heterocycles. The first-order valence-electron chi connectivity index (χ1n) is 6.28. The molecule has 1 amide bonds. The van der Waals surface area contributed by atoms with Gasteiger partial charge in [-0.1, -0.05) is 11.8 Å². The summed E-state index contributed by atoms with van der Waals surface area (Å²) >= 11 is 1.37. The molecule has 2 rings (SSSR count). The summed E-state index contributed by atoms with van der Waals surface area (Å²) in [6.07, 6.45) is 0.460. The number of carbonyl (C=O) groups is 1. The number of rotatable bonds is 2. The number of hydrogen-bond acceptors (Lipinski definition) is 4. The van der Waals surface area contributed by atoms with E-state index in [1.54, 1.807) is 17.9 Å². The van der Waals surface area contributed by atoms with E-state index in [1.165, 1.54) is 11.3 Å². The average molecular weight is 279 g/mol. The maximum absolute atomic E-state index is 12.4. The first-order chi connectivity index (χ1) is 9.13. The van der Waals surface area contributed by atoms with Crippen LogP contribution in [0, 0.1) is 17.8 Å². The number of aliphatic hydroxyl groups is 2. The lowest BCUT2D eigenvalue weighted by Crippen LogP contribution is -2.30. The fraction of sp³-hybridized carbons (Fsp3) is 0.500. The number of thiophene rings is 1. The molecule has 5 heteroatoms. The van der Waals surface area contributed by atoms with Crippen LogP contribution in [0.2, 0.25) is 0 Å². The summed E-state index contributed by atoms with van der Waals surface area (Å²) < 4.78 is 0. The van der Waals surface area contributed by atoms with Crippen molar-refractivity contribution in [3.63, 3.8) is 0 Å². The Morgan fingerprint density at radius 3 is 3.11 bits per heavy atom. The molecule has 1 aromatic rings. The van der Waals surface area contributed by atoms with Gasteiger partial charge in [0.2, 0.25) is 0 Å². The monoisotopic (exact) mass is 279 g/mol. The maximum atomic E-state index is 12.4. The number of nitrogens with zero attached hydrogens (tertiary/aromatic N) is 1. The van der Waals surface area contributed by atoms with Gasteiger partial charge < -0.3 is 15.1 Å². The molecule has 0 radical (unpaired) electrons. The summed E-state index contributed by atoms with van der Waals surface area (Å²) in [5, 5.41) is 20.1. The molecule has 1 saturated heterocycles. The number of aliphatic hydroxyl groups excluding tert-OH is 2. The van der Waals surface area contributed by atoms with Gasteiger partial charge in [-0.15, -0.1) is 11.3 Å². The van der Waals surface area contributed by atoms with E-state index in [0.717, 1.165) is 6.42 Å². The molecule has 4 nitrogen and oxygen atoms in total. The third-order valence-corrected chi connectivity index (χ3v) is 4.26. The molecule has 0 saturated carbocycles. The zero-order valence-electron chi connectivity index (χ0n) is 10.8. The van der Waals surface area contributed by atoms with E-state index < -0.39 is 0 Å². The van der Waals surface area contributed by atoms with Crippen molar-refractivity contribution in [2.45, 2.75) is 19.4 Å². The molecule has 0 aliphatic carbocycles. The first kappa shape index (κ1) is 14.1. The summed E-state index contributed by atoms with van der Waals surface area (Å²) in [6, 6.07) is 1.79. The van der Waals surface area contributed by atoms with Gasteiger partial charge in [-0.3, -0.25) is 4.79 Å². The van der Waals surface area contributed by atoms with Crippen LogP contribution < -0.4 is 0 Å². The Morgan fingerprint density at radius 2 is 2.47 bits per heavy atom. The van der Waals surface area contributed by atoms with Crippen LogP contribution >= 0.6 is 11.3 Å². The largest absolute Gasteiger partial charge is 0.393 e. The molecule has 2 heterocycles. The van der Waals surface area contributed by atoms with Gasteiger partial charge in [0.25, 0.3) is 5.91 Å². The normalized spacial score (nSPS) is 19.9. The molecule has 1 aliphatic rings. The molecule has 19 heavy (non-hydrogen) atoms. The number of amides is 1. The van der Waals surface area contributed by atoms with E-state index in [2.05, 4.69) is 11.8 Å². The summed E-state index contributed by atoms with van der Waals surface area (Å²) in [7, 11) is 0. The summed E-state index contributed by atoms with van der Waals surface area (Å²) in [5.41, 5.74) is 0.671. The lowest BCUT2D eigenvalue weighted by Gasteiger charge is -2.17. The molecule has 0 spiro atoms. The van der Waals surface area contributed by atoms with Crippen molar-refractivity contribution in [3.8, 4) is 11.8 Å². The van der Waals surface area contributed by atoms with Crippen molar-refractivity contribution in [3.05, 3.63) is 21.9 Å². The van der Waals surface area contributed by atoms with Gasteiger partial charge in [0.15, 0.2) is 0 Å². The second-order valence-corrected chi connectivity index (χ2v) is 5.58. The van der Waals surface area contributed by atoms with Gasteiger partial charge in [-0.25, -0.2) is 0 Å². The van der Waals surface area contributed by atoms with Crippen LogP contribution in [0.25, 0.3) is 0 Å². The highest BCUT2D eigenvalue weighted by molar-refractivity contribution is 7.12. The number of likely N-dealkylation sites (tertiary alicyclic amines) is 1. The molecular weight excluding hydrogens is 262 g/mol. The minimum Gasteiger partial charge on any atom is -0.393 e. The highest BCUT2D eigenvalue weighted by Crippen LogP contribution is 2.24. The summed E-state index contributed by atoms with van der Waals surface area (Å²) in [5.74, 6) is 5.50. The Hall–Kier alpha value is -1.35. The van der Waals surface area contributed by atoms with Gasteiger partial charge in [-0.2, -0.15) is 0 Å². The first-order valence-corrected chi connectivity index (χ1v) is 7.16. The maximum Gasteiger partial charge on any atom is 0.265 e. The number of carbonyl (C=O) groups excluding carboxylic acids is 1. The standard InChI is InChI=1S/C14H17NO3S/c1-10(17)12-4-6-15(9-12)14(18)13-11(3-2-7-16)5-8-19-13/h5,8,10,12,16-17H,4,6-7,9H2,1H3. The second-order valence-electron chi connectivity index (χ2n) is 4.66. The van der Waals surface area contributed by atoms with Crippen LogP contribution in [0.1, 0.15) is 28.6 Å². The molecule has 2 N–H and O–H groups in total. The van der Waals surface area contributed by atoms with Gasteiger partial charge in [0, 0.05) is 24.6 Å². The molecule has 1 fully saturated rings. The Kier molecular flexibility index (Phi) is 4.59.